The van der Waals surface area contributed by atoms with Gasteiger partial charge in [-0.05, 0) is 6.42 Å². The Kier molecular flexibility index (Phi) is 4.57. The van der Waals surface area contributed by atoms with Crippen LogP contribution in [0.25, 0.3) is 0 Å². The number of carboxylic acids is 1. The summed E-state index contributed by atoms with van der Waals surface area (Å²) in [4.78, 5) is 32.5. The Bertz CT molecular complexity index is 536. The minimum absolute atomic E-state index is 0.216. The normalized spacial score (nSPS) is 10.1. The molecule has 9 nitrogen and oxygen atoms in total. The van der Waals surface area contributed by atoms with E-state index in [4.69, 9.17) is 0 Å². The van der Waals surface area contributed by atoms with E-state index in [0.29, 0.717) is 13.0 Å². The summed E-state index contributed by atoms with van der Waals surface area (Å²) in [6.07, 6.45) is 0.618. The number of carboxylic acid groups (broad SMARTS) is 1. The molecule has 1 aromatic carbocycles. The molecule has 0 spiro atoms. The predicted molar refractivity (Wildman–Crippen MR) is 67.6 cm³/mol. The SMILES string of the molecule is CCCN(C)c1c([N+](=O)[O-])cc(C(=O)[O-])cc1[N+](=O)[O-]. The number of hydrogen-bond acceptors (Lipinski definition) is 7. The van der Waals surface area contributed by atoms with E-state index in [9.17, 15) is 30.1 Å². The lowest BCUT2D eigenvalue weighted by Gasteiger charge is -2.18. The van der Waals surface area contributed by atoms with Gasteiger partial charge in [0.1, 0.15) is 0 Å². The number of benzene rings is 1. The maximum Gasteiger partial charge on any atom is 0.300 e. The smallest absolute Gasteiger partial charge is 0.300 e. The van der Waals surface area contributed by atoms with E-state index in [1.54, 1.807) is 0 Å². The van der Waals surface area contributed by atoms with Crippen molar-refractivity contribution in [1.29, 1.82) is 0 Å². The van der Waals surface area contributed by atoms with E-state index in [2.05, 4.69) is 0 Å². The van der Waals surface area contributed by atoms with Crippen molar-refractivity contribution in [3.8, 4) is 0 Å². The lowest BCUT2D eigenvalue weighted by molar-refractivity contribution is -0.392. The van der Waals surface area contributed by atoms with Gasteiger partial charge in [0.15, 0.2) is 5.69 Å². The van der Waals surface area contributed by atoms with Crippen LogP contribution in [0.3, 0.4) is 0 Å². The fourth-order valence-electron chi connectivity index (χ4n) is 1.84. The van der Waals surface area contributed by atoms with E-state index in [1.807, 2.05) is 6.92 Å². The van der Waals surface area contributed by atoms with Crippen molar-refractivity contribution in [2.75, 3.05) is 18.5 Å². The zero-order valence-electron chi connectivity index (χ0n) is 10.9. The molecule has 0 amide bonds. The molecule has 0 N–H and O–H groups in total. The Morgan fingerprint density at radius 3 is 1.95 bits per heavy atom. The molecule has 0 aliphatic heterocycles. The van der Waals surface area contributed by atoms with Gasteiger partial charge in [-0.3, -0.25) is 20.2 Å². The number of hydrogen-bond donors (Lipinski definition) is 0. The molecule has 0 heterocycles. The van der Waals surface area contributed by atoms with Crippen LogP contribution in [-0.4, -0.2) is 29.4 Å². The molecular formula is C11H12N3O6-. The summed E-state index contributed by atoms with van der Waals surface area (Å²) in [7, 11) is 1.47. The van der Waals surface area contributed by atoms with Crippen LogP contribution >= 0.6 is 0 Å². The van der Waals surface area contributed by atoms with E-state index in [-0.39, 0.29) is 5.69 Å². The Morgan fingerprint density at radius 2 is 1.65 bits per heavy atom. The van der Waals surface area contributed by atoms with Gasteiger partial charge < -0.3 is 14.8 Å². The monoisotopic (exact) mass is 282 g/mol. The summed E-state index contributed by atoms with van der Waals surface area (Å²) in [5.74, 6) is -1.71. The summed E-state index contributed by atoms with van der Waals surface area (Å²) in [6, 6.07) is 1.54. The first-order chi connectivity index (χ1) is 9.29. The van der Waals surface area contributed by atoms with Crippen LogP contribution in [0.15, 0.2) is 12.1 Å². The number of nitrogens with zero attached hydrogens (tertiary/aromatic N) is 3. The molecule has 108 valence electrons. The maximum absolute atomic E-state index is 11.0. The van der Waals surface area contributed by atoms with Crippen molar-refractivity contribution in [2.24, 2.45) is 0 Å². The number of nitro benzene ring substituents is 2. The van der Waals surface area contributed by atoms with Crippen LogP contribution in [0, 0.1) is 20.2 Å². The highest BCUT2D eigenvalue weighted by atomic mass is 16.6. The summed E-state index contributed by atoms with van der Waals surface area (Å²) >= 11 is 0. The molecule has 0 saturated heterocycles. The average Bonchev–Trinajstić information content (AvgIpc) is 2.36. The first-order valence-corrected chi connectivity index (χ1v) is 5.68. The van der Waals surface area contributed by atoms with Gasteiger partial charge in [-0.25, -0.2) is 0 Å². The maximum atomic E-state index is 11.0. The number of carbonyl (C=O) groups excluding carboxylic acids is 1. The molecule has 0 aliphatic carbocycles. The molecule has 9 heteroatoms. The summed E-state index contributed by atoms with van der Waals surface area (Å²) in [5, 5.41) is 32.8. The fourth-order valence-corrected chi connectivity index (χ4v) is 1.84. The first-order valence-electron chi connectivity index (χ1n) is 5.68. The Labute approximate surface area is 113 Å². The van der Waals surface area contributed by atoms with Crippen LogP contribution < -0.4 is 10.0 Å². The number of anilines is 1. The van der Waals surface area contributed by atoms with E-state index in [1.165, 1.54) is 11.9 Å². The standard InChI is InChI=1S/C11H13N3O6/c1-3-4-12(2)10-8(13(17)18)5-7(11(15)16)6-9(10)14(19)20/h5-6H,3-4H2,1-2H3,(H,15,16)/p-1. The zero-order chi connectivity index (χ0) is 15.4. The molecule has 20 heavy (non-hydrogen) atoms. The van der Waals surface area contributed by atoms with Gasteiger partial charge in [0, 0.05) is 31.3 Å². The molecule has 0 aromatic heterocycles. The minimum atomic E-state index is -1.71. The highest BCUT2D eigenvalue weighted by molar-refractivity contribution is 5.91. The number of rotatable bonds is 6. The van der Waals surface area contributed by atoms with Crippen molar-refractivity contribution in [3.63, 3.8) is 0 Å². The highest BCUT2D eigenvalue weighted by Crippen LogP contribution is 2.38. The topological polar surface area (TPSA) is 130 Å². The molecular weight excluding hydrogens is 270 g/mol. The van der Waals surface area contributed by atoms with Crippen LogP contribution in [0.1, 0.15) is 23.7 Å². The fraction of sp³-hybridized carbons (Fsp3) is 0.364. The van der Waals surface area contributed by atoms with Crippen LogP contribution in [-0.2, 0) is 0 Å². The second-order valence-corrected chi connectivity index (χ2v) is 4.09. The number of nitro groups is 2. The quantitative estimate of drug-likeness (QED) is 0.554. The molecule has 0 atom stereocenters. The third-order valence-electron chi connectivity index (χ3n) is 2.64. The van der Waals surface area contributed by atoms with Gasteiger partial charge >= 0.3 is 0 Å². The summed E-state index contributed by atoms with van der Waals surface area (Å²) in [6.45, 7) is 2.16. The second kappa shape index (κ2) is 5.95. The number of aromatic carboxylic acids is 1. The van der Waals surface area contributed by atoms with Crippen LogP contribution in [0.4, 0.5) is 17.1 Å². The van der Waals surface area contributed by atoms with Gasteiger partial charge in [-0.1, -0.05) is 6.92 Å². The summed E-state index contributed by atoms with van der Waals surface area (Å²) < 4.78 is 0. The summed E-state index contributed by atoms with van der Waals surface area (Å²) in [5.41, 5.74) is -2.08. The van der Waals surface area contributed by atoms with E-state index >= 15 is 0 Å². The molecule has 0 aliphatic rings. The van der Waals surface area contributed by atoms with Crippen molar-refractivity contribution in [3.05, 3.63) is 37.9 Å². The molecule has 1 rings (SSSR count). The zero-order valence-corrected chi connectivity index (χ0v) is 10.9. The Balaban J connectivity index is 3.63. The first kappa shape index (κ1) is 15.3. The van der Waals surface area contributed by atoms with Crippen molar-refractivity contribution >= 4 is 23.0 Å². The van der Waals surface area contributed by atoms with Crippen LogP contribution in [0.5, 0.6) is 0 Å². The van der Waals surface area contributed by atoms with Gasteiger partial charge in [0.25, 0.3) is 11.4 Å². The van der Waals surface area contributed by atoms with Crippen molar-refractivity contribution < 1.29 is 19.7 Å². The highest BCUT2D eigenvalue weighted by Gasteiger charge is 2.29. The van der Waals surface area contributed by atoms with E-state index < -0.39 is 32.8 Å². The third kappa shape index (κ3) is 2.99. The van der Waals surface area contributed by atoms with Gasteiger partial charge in [0.2, 0.25) is 0 Å². The second-order valence-electron chi connectivity index (χ2n) is 4.09. The van der Waals surface area contributed by atoms with Gasteiger partial charge in [-0.2, -0.15) is 0 Å². The Hall–Kier alpha value is -2.71. The third-order valence-corrected chi connectivity index (χ3v) is 2.64. The van der Waals surface area contributed by atoms with E-state index in [0.717, 1.165) is 12.1 Å². The molecule has 0 radical (unpaired) electrons. The lowest BCUT2D eigenvalue weighted by Crippen LogP contribution is -2.24. The average molecular weight is 282 g/mol. The lowest BCUT2D eigenvalue weighted by atomic mass is 10.1. The predicted octanol–water partition coefficient (Wildman–Crippen LogP) is 0.713. The molecule has 0 bridgehead atoms. The largest absolute Gasteiger partial charge is 0.545 e. The molecule has 0 saturated carbocycles. The van der Waals surface area contributed by atoms with Crippen molar-refractivity contribution in [2.45, 2.75) is 13.3 Å². The van der Waals surface area contributed by atoms with Crippen LogP contribution in [0.2, 0.25) is 0 Å². The minimum Gasteiger partial charge on any atom is -0.545 e. The molecule has 0 unspecified atom stereocenters. The van der Waals surface area contributed by atoms with Crippen molar-refractivity contribution in [1.82, 2.24) is 0 Å². The molecule has 0 fully saturated rings. The molecule has 1 aromatic rings. The Morgan fingerprint density at radius 1 is 1.20 bits per heavy atom. The van der Waals surface area contributed by atoms with Gasteiger partial charge in [0.05, 0.1) is 15.8 Å². The number of carbonyl (C=O) groups is 1. The van der Waals surface area contributed by atoms with Gasteiger partial charge in [-0.15, -0.1) is 0 Å².